The molecule has 1 N–H and O–H groups in total. The summed E-state index contributed by atoms with van der Waals surface area (Å²) in [5.74, 6) is 0.956. The Labute approximate surface area is 103 Å². The molecule has 2 nitrogen and oxygen atoms in total. The van der Waals surface area contributed by atoms with E-state index >= 15 is 0 Å². The number of rotatable bonds is 2. The van der Waals surface area contributed by atoms with Crippen molar-refractivity contribution >= 4 is 15.9 Å². The van der Waals surface area contributed by atoms with Gasteiger partial charge in [-0.1, -0.05) is 0 Å². The maximum Gasteiger partial charge on any atom is 0.136 e. The summed E-state index contributed by atoms with van der Waals surface area (Å²) in [7, 11) is 1.63. The van der Waals surface area contributed by atoms with E-state index in [-0.39, 0.29) is 5.82 Å². The Balaban J connectivity index is 2.36. The van der Waals surface area contributed by atoms with Crippen LogP contribution in [0.2, 0.25) is 0 Å². The Morgan fingerprint density at radius 2 is 2.06 bits per heavy atom. The number of piperidine rings is 1. The number of nitrogens with one attached hydrogen (secondary N) is 1. The standard InChI is InChI=1S/C12H15BrFNO/c1-16-12-10(6-9(14)7-11(12)13)8-2-4-15-5-3-8/h6-8,15H,2-5H2,1H3. The number of ether oxygens (including phenoxy) is 1. The van der Waals surface area contributed by atoms with Gasteiger partial charge >= 0.3 is 0 Å². The first kappa shape index (κ1) is 11.9. The zero-order valence-electron chi connectivity index (χ0n) is 9.22. The predicted octanol–water partition coefficient (Wildman–Crippen LogP) is 3.06. The Hall–Kier alpha value is -0.610. The molecular weight excluding hydrogens is 273 g/mol. The van der Waals surface area contributed by atoms with Gasteiger partial charge in [0, 0.05) is 5.56 Å². The second-order valence-electron chi connectivity index (χ2n) is 4.03. The highest BCUT2D eigenvalue weighted by Crippen LogP contribution is 2.38. The van der Waals surface area contributed by atoms with E-state index in [1.807, 2.05) is 0 Å². The van der Waals surface area contributed by atoms with Crippen LogP contribution in [0.15, 0.2) is 16.6 Å². The van der Waals surface area contributed by atoms with Gasteiger partial charge in [0.1, 0.15) is 11.6 Å². The summed E-state index contributed by atoms with van der Waals surface area (Å²) < 4.78 is 19.4. The van der Waals surface area contributed by atoms with Gasteiger partial charge in [0.05, 0.1) is 11.6 Å². The fraction of sp³-hybridized carbons (Fsp3) is 0.500. The average molecular weight is 288 g/mol. The van der Waals surface area contributed by atoms with Gasteiger partial charge in [-0.2, -0.15) is 0 Å². The number of benzene rings is 1. The van der Waals surface area contributed by atoms with Crippen molar-refractivity contribution in [2.24, 2.45) is 0 Å². The van der Waals surface area contributed by atoms with Gasteiger partial charge in [0.25, 0.3) is 0 Å². The van der Waals surface area contributed by atoms with Crippen molar-refractivity contribution in [3.63, 3.8) is 0 Å². The summed E-state index contributed by atoms with van der Waals surface area (Å²) in [6.45, 7) is 1.98. The van der Waals surface area contributed by atoms with Crippen LogP contribution in [0.5, 0.6) is 5.75 Å². The van der Waals surface area contributed by atoms with Crippen molar-refractivity contribution in [2.75, 3.05) is 20.2 Å². The van der Waals surface area contributed by atoms with E-state index in [1.165, 1.54) is 6.07 Å². The number of methoxy groups -OCH3 is 1. The lowest BCUT2D eigenvalue weighted by atomic mass is 9.89. The smallest absolute Gasteiger partial charge is 0.136 e. The summed E-state index contributed by atoms with van der Waals surface area (Å²) in [5.41, 5.74) is 0.982. The van der Waals surface area contributed by atoms with E-state index in [4.69, 9.17) is 4.74 Å². The highest BCUT2D eigenvalue weighted by Gasteiger charge is 2.21. The Kier molecular flexibility index (Phi) is 3.82. The van der Waals surface area contributed by atoms with Crippen LogP contribution < -0.4 is 10.1 Å². The molecule has 0 unspecified atom stereocenters. The topological polar surface area (TPSA) is 21.3 Å². The lowest BCUT2D eigenvalue weighted by Crippen LogP contribution is -2.26. The Morgan fingerprint density at radius 1 is 1.38 bits per heavy atom. The minimum atomic E-state index is -0.207. The van der Waals surface area contributed by atoms with Gasteiger partial charge in [-0.25, -0.2) is 4.39 Å². The lowest BCUT2D eigenvalue weighted by molar-refractivity contribution is 0.387. The molecule has 0 bridgehead atoms. The van der Waals surface area contributed by atoms with Crippen LogP contribution in [0, 0.1) is 5.82 Å². The van der Waals surface area contributed by atoms with Crippen LogP contribution in [-0.2, 0) is 0 Å². The number of hydrogen-bond acceptors (Lipinski definition) is 2. The van der Waals surface area contributed by atoms with Gasteiger partial charge in [-0.05, 0) is 59.9 Å². The second-order valence-corrected chi connectivity index (χ2v) is 4.89. The van der Waals surface area contributed by atoms with Crippen LogP contribution in [0.1, 0.15) is 24.3 Å². The van der Waals surface area contributed by atoms with Gasteiger partial charge in [0.15, 0.2) is 0 Å². The normalized spacial score (nSPS) is 17.4. The van der Waals surface area contributed by atoms with Crippen molar-refractivity contribution in [2.45, 2.75) is 18.8 Å². The molecule has 0 atom stereocenters. The van der Waals surface area contributed by atoms with Gasteiger partial charge in [-0.15, -0.1) is 0 Å². The molecule has 0 radical (unpaired) electrons. The van der Waals surface area contributed by atoms with Crippen LogP contribution in [0.25, 0.3) is 0 Å². The first-order valence-corrected chi connectivity index (χ1v) is 6.25. The molecule has 0 amide bonds. The van der Waals surface area contributed by atoms with Crippen molar-refractivity contribution in [1.29, 1.82) is 0 Å². The molecule has 1 aliphatic rings. The number of hydrogen-bond donors (Lipinski definition) is 1. The molecule has 1 fully saturated rings. The molecule has 1 aromatic rings. The minimum Gasteiger partial charge on any atom is -0.495 e. The third-order valence-corrected chi connectivity index (χ3v) is 3.61. The molecule has 1 aliphatic heterocycles. The zero-order valence-corrected chi connectivity index (χ0v) is 10.8. The van der Waals surface area contributed by atoms with Crippen molar-refractivity contribution in [3.8, 4) is 5.75 Å². The quantitative estimate of drug-likeness (QED) is 0.903. The third-order valence-electron chi connectivity index (χ3n) is 3.02. The Bertz CT molecular complexity index is 378. The maximum absolute atomic E-state index is 13.4. The van der Waals surface area contributed by atoms with Gasteiger partial charge in [-0.3, -0.25) is 0 Å². The Morgan fingerprint density at radius 3 is 2.69 bits per heavy atom. The maximum atomic E-state index is 13.4. The monoisotopic (exact) mass is 287 g/mol. The van der Waals surface area contributed by atoms with E-state index < -0.39 is 0 Å². The van der Waals surface area contributed by atoms with Crippen LogP contribution in [-0.4, -0.2) is 20.2 Å². The molecule has 0 aromatic heterocycles. The second kappa shape index (κ2) is 5.15. The summed E-state index contributed by atoms with van der Waals surface area (Å²) >= 11 is 3.34. The predicted molar refractivity (Wildman–Crippen MR) is 65.5 cm³/mol. The van der Waals surface area contributed by atoms with E-state index in [1.54, 1.807) is 13.2 Å². The summed E-state index contributed by atoms with van der Waals surface area (Å²) in [4.78, 5) is 0. The largest absolute Gasteiger partial charge is 0.495 e. The summed E-state index contributed by atoms with van der Waals surface area (Å²) in [6, 6.07) is 3.04. The first-order valence-electron chi connectivity index (χ1n) is 5.46. The molecule has 4 heteroatoms. The molecule has 1 heterocycles. The fourth-order valence-corrected chi connectivity index (χ4v) is 2.84. The molecule has 0 saturated carbocycles. The van der Waals surface area contributed by atoms with Gasteiger partial charge in [0.2, 0.25) is 0 Å². The highest BCUT2D eigenvalue weighted by molar-refractivity contribution is 9.10. The molecule has 0 aliphatic carbocycles. The zero-order chi connectivity index (χ0) is 11.5. The molecule has 1 saturated heterocycles. The highest BCUT2D eigenvalue weighted by atomic mass is 79.9. The lowest BCUT2D eigenvalue weighted by Gasteiger charge is -2.25. The average Bonchev–Trinajstić information content (AvgIpc) is 2.29. The molecule has 2 rings (SSSR count). The minimum absolute atomic E-state index is 0.207. The molecule has 0 spiro atoms. The van der Waals surface area contributed by atoms with Crippen molar-refractivity contribution in [1.82, 2.24) is 5.32 Å². The third kappa shape index (κ3) is 2.38. The molecular formula is C12H15BrFNO. The van der Waals surface area contributed by atoms with E-state index in [9.17, 15) is 4.39 Å². The first-order chi connectivity index (χ1) is 7.72. The summed E-state index contributed by atoms with van der Waals surface area (Å²) in [5, 5.41) is 3.30. The van der Waals surface area contributed by atoms with E-state index in [2.05, 4.69) is 21.2 Å². The fourth-order valence-electron chi connectivity index (χ4n) is 2.23. The van der Waals surface area contributed by atoms with Gasteiger partial charge < -0.3 is 10.1 Å². The SMILES string of the molecule is COc1c(Br)cc(F)cc1C1CCNCC1. The van der Waals surface area contributed by atoms with Crippen molar-refractivity contribution in [3.05, 3.63) is 28.0 Å². The number of halogens is 2. The van der Waals surface area contributed by atoms with Crippen molar-refractivity contribution < 1.29 is 9.13 Å². The summed E-state index contributed by atoms with van der Waals surface area (Å²) in [6.07, 6.45) is 2.07. The van der Waals surface area contributed by atoms with E-state index in [0.29, 0.717) is 10.4 Å². The van der Waals surface area contributed by atoms with Crippen LogP contribution in [0.4, 0.5) is 4.39 Å². The molecule has 1 aromatic carbocycles. The van der Waals surface area contributed by atoms with E-state index in [0.717, 1.165) is 37.2 Å². The van der Waals surface area contributed by atoms with Crippen LogP contribution in [0.3, 0.4) is 0 Å². The molecule has 16 heavy (non-hydrogen) atoms. The molecule has 88 valence electrons. The van der Waals surface area contributed by atoms with Crippen LogP contribution >= 0.6 is 15.9 Å².